The van der Waals surface area contributed by atoms with Gasteiger partial charge in [0.05, 0.1) is 14.2 Å². The predicted molar refractivity (Wildman–Crippen MR) is 159 cm³/mol. The first-order valence-corrected chi connectivity index (χ1v) is 14.4. The number of aryl methyl sites for hydroxylation is 2. The second kappa shape index (κ2) is 14.5. The van der Waals surface area contributed by atoms with Gasteiger partial charge in [-0.05, 0) is 55.0 Å². The lowest BCUT2D eigenvalue weighted by molar-refractivity contribution is -0.141. The Morgan fingerprint density at radius 3 is 2.20 bits per heavy atom. The summed E-state index contributed by atoms with van der Waals surface area (Å²) in [5, 5.41) is 3.31. The molecule has 4 rings (SSSR count). The van der Waals surface area contributed by atoms with E-state index in [-0.39, 0.29) is 24.3 Å². The summed E-state index contributed by atoms with van der Waals surface area (Å²) in [6.07, 6.45) is 6.75. The number of nitrogens with zero attached hydrogens (tertiary/aromatic N) is 1. The van der Waals surface area contributed by atoms with Crippen molar-refractivity contribution in [2.24, 2.45) is 0 Å². The maximum Gasteiger partial charge on any atom is 0.243 e. The molecule has 1 aliphatic carbocycles. The molecular formula is C34H42N2O4. The van der Waals surface area contributed by atoms with Gasteiger partial charge in [0.2, 0.25) is 11.8 Å². The number of methoxy groups -OCH3 is 2. The Hall–Kier alpha value is -3.80. The standard InChI is InChI=1S/C34H42N2O4/c1-25-14-16-28(17-15-25)24-36(33(37)21-19-27-18-20-31(39-2)32(23-27)40-3)30(22-26-10-6-4-7-11-26)34(38)35-29-12-8-5-9-13-29/h4,6-7,10-11,14-18,20,23,29-30H,5,8-9,12-13,19,21-22,24H2,1-3H3,(H,35,38)/t30-/m0/s1. The van der Waals surface area contributed by atoms with Crippen molar-refractivity contribution in [3.05, 3.63) is 95.1 Å². The third kappa shape index (κ3) is 8.10. The summed E-state index contributed by atoms with van der Waals surface area (Å²) < 4.78 is 10.8. The fraction of sp³-hybridized carbons (Fsp3) is 0.412. The molecule has 0 heterocycles. The Morgan fingerprint density at radius 1 is 0.850 bits per heavy atom. The number of amides is 2. The maximum atomic E-state index is 14.0. The minimum atomic E-state index is -0.608. The van der Waals surface area contributed by atoms with Crippen molar-refractivity contribution in [1.29, 1.82) is 0 Å². The molecule has 212 valence electrons. The third-order valence-electron chi connectivity index (χ3n) is 7.77. The molecule has 3 aromatic rings. The zero-order valence-corrected chi connectivity index (χ0v) is 24.0. The van der Waals surface area contributed by atoms with Gasteiger partial charge in [-0.2, -0.15) is 0 Å². The topological polar surface area (TPSA) is 67.9 Å². The highest BCUT2D eigenvalue weighted by molar-refractivity contribution is 5.88. The molecular weight excluding hydrogens is 500 g/mol. The highest BCUT2D eigenvalue weighted by atomic mass is 16.5. The van der Waals surface area contributed by atoms with Gasteiger partial charge in [0.15, 0.2) is 11.5 Å². The molecule has 1 atom stereocenters. The molecule has 0 aliphatic heterocycles. The monoisotopic (exact) mass is 542 g/mol. The number of carbonyl (C=O) groups excluding carboxylic acids is 2. The first-order chi connectivity index (χ1) is 19.5. The average molecular weight is 543 g/mol. The largest absolute Gasteiger partial charge is 0.493 e. The molecule has 1 aliphatic rings. The molecule has 0 saturated heterocycles. The number of carbonyl (C=O) groups is 2. The van der Waals surface area contributed by atoms with Gasteiger partial charge in [0, 0.05) is 25.4 Å². The zero-order chi connectivity index (χ0) is 28.3. The van der Waals surface area contributed by atoms with E-state index >= 15 is 0 Å². The Labute approximate surface area is 238 Å². The van der Waals surface area contributed by atoms with Gasteiger partial charge in [0.1, 0.15) is 6.04 Å². The van der Waals surface area contributed by atoms with Crippen LogP contribution in [0.25, 0.3) is 0 Å². The molecule has 1 saturated carbocycles. The summed E-state index contributed by atoms with van der Waals surface area (Å²) in [6, 6.07) is 23.5. The second-order valence-corrected chi connectivity index (χ2v) is 10.7. The van der Waals surface area contributed by atoms with Crippen molar-refractivity contribution < 1.29 is 19.1 Å². The highest BCUT2D eigenvalue weighted by Crippen LogP contribution is 2.28. The first kappa shape index (κ1) is 29.2. The summed E-state index contributed by atoms with van der Waals surface area (Å²) in [5.41, 5.74) is 4.18. The smallest absolute Gasteiger partial charge is 0.243 e. The van der Waals surface area contributed by atoms with E-state index in [1.807, 2.05) is 67.6 Å². The Balaban J connectivity index is 1.60. The SMILES string of the molecule is COc1ccc(CCC(=O)N(Cc2ccc(C)cc2)[C@@H](Cc2ccccc2)C(=O)NC2CCCCC2)cc1OC. The van der Waals surface area contributed by atoms with Crippen LogP contribution >= 0.6 is 0 Å². The minimum absolute atomic E-state index is 0.0462. The van der Waals surface area contributed by atoms with Gasteiger partial charge in [0.25, 0.3) is 0 Å². The van der Waals surface area contributed by atoms with E-state index in [9.17, 15) is 9.59 Å². The van der Waals surface area contributed by atoms with Crippen LogP contribution in [0.5, 0.6) is 11.5 Å². The van der Waals surface area contributed by atoms with Crippen LogP contribution in [0.2, 0.25) is 0 Å². The molecule has 6 nitrogen and oxygen atoms in total. The lowest BCUT2D eigenvalue weighted by Crippen LogP contribution is -2.52. The molecule has 0 radical (unpaired) electrons. The summed E-state index contributed by atoms with van der Waals surface area (Å²) in [4.78, 5) is 29.7. The van der Waals surface area contributed by atoms with Crippen LogP contribution in [-0.4, -0.2) is 43.0 Å². The van der Waals surface area contributed by atoms with Crippen LogP contribution < -0.4 is 14.8 Å². The van der Waals surface area contributed by atoms with Gasteiger partial charge in [-0.25, -0.2) is 0 Å². The van der Waals surface area contributed by atoms with Crippen LogP contribution in [0.3, 0.4) is 0 Å². The molecule has 0 bridgehead atoms. The van der Waals surface area contributed by atoms with E-state index in [1.54, 1.807) is 19.1 Å². The van der Waals surface area contributed by atoms with Crippen LogP contribution in [0.4, 0.5) is 0 Å². The number of rotatable bonds is 12. The van der Waals surface area contributed by atoms with Gasteiger partial charge in [-0.3, -0.25) is 9.59 Å². The summed E-state index contributed by atoms with van der Waals surface area (Å²) in [7, 11) is 3.21. The molecule has 1 N–H and O–H groups in total. The van der Waals surface area contributed by atoms with E-state index in [4.69, 9.17) is 9.47 Å². The Bertz CT molecular complexity index is 1240. The maximum absolute atomic E-state index is 14.0. The average Bonchev–Trinajstić information content (AvgIpc) is 2.99. The van der Waals surface area contributed by atoms with E-state index in [0.29, 0.717) is 30.9 Å². The van der Waals surface area contributed by atoms with E-state index in [2.05, 4.69) is 17.4 Å². The summed E-state index contributed by atoms with van der Waals surface area (Å²) in [5.74, 6) is 1.18. The lowest BCUT2D eigenvalue weighted by atomic mass is 9.94. The molecule has 40 heavy (non-hydrogen) atoms. The van der Waals surface area contributed by atoms with Crippen molar-refractivity contribution in [3.8, 4) is 11.5 Å². The van der Waals surface area contributed by atoms with E-state index in [1.165, 1.54) is 6.42 Å². The van der Waals surface area contributed by atoms with Crippen LogP contribution in [-0.2, 0) is 29.0 Å². The summed E-state index contributed by atoms with van der Waals surface area (Å²) >= 11 is 0. The summed E-state index contributed by atoms with van der Waals surface area (Å²) in [6.45, 7) is 2.42. The number of benzene rings is 3. The number of ether oxygens (including phenoxy) is 2. The Morgan fingerprint density at radius 2 is 1.52 bits per heavy atom. The van der Waals surface area contributed by atoms with Crippen molar-refractivity contribution in [2.75, 3.05) is 14.2 Å². The first-order valence-electron chi connectivity index (χ1n) is 14.4. The minimum Gasteiger partial charge on any atom is -0.493 e. The molecule has 2 amide bonds. The van der Waals surface area contributed by atoms with Crippen molar-refractivity contribution in [2.45, 2.75) is 76.9 Å². The van der Waals surface area contributed by atoms with Gasteiger partial charge < -0.3 is 19.7 Å². The van der Waals surface area contributed by atoms with Crippen molar-refractivity contribution in [3.63, 3.8) is 0 Å². The number of hydrogen-bond acceptors (Lipinski definition) is 4. The van der Waals surface area contributed by atoms with Crippen LogP contribution in [0, 0.1) is 6.92 Å². The molecule has 0 unspecified atom stereocenters. The number of nitrogens with one attached hydrogen (secondary N) is 1. The van der Waals surface area contributed by atoms with Gasteiger partial charge in [-0.15, -0.1) is 0 Å². The van der Waals surface area contributed by atoms with Crippen LogP contribution in [0.1, 0.15) is 60.8 Å². The second-order valence-electron chi connectivity index (χ2n) is 10.7. The van der Waals surface area contributed by atoms with Crippen molar-refractivity contribution in [1.82, 2.24) is 10.2 Å². The molecule has 0 aromatic heterocycles. The molecule has 1 fully saturated rings. The fourth-order valence-electron chi connectivity index (χ4n) is 5.42. The molecule has 0 spiro atoms. The van der Waals surface area contributed by atoms with E-state index in [0.717, 1.165) is 47.9 Å². The normalized spacial score (nSPS) is 14.3. The number of hydrogen-bond donors (Lipinski definition) is 1. The van der Waals surface area contributed by atoms with Crippen LogP contribution in [0.15, 0.2) is 72.8 Å². The molecule has 3 aromatic carbocycles. The zero-order valence-electron chi connectivity index (χ0n) is 24.0. The van der Waals surface area contributed by atoms with Crippen molar-refractivity contribution >= 4 is 11.8 Å². The van der Waals surface area contributed by atoms with E-state index < -0.39 is 6.04 Å². The Kier molecular flexibility index (Phi) is 10.6. The lowest BCUT2D eigenvalue weighted by Gasteiger charge is -2.33. The predicted octanol–water partition coefficient (Wildman–Crippen LogP) is 6.03. The van der Waals surface area contributed by atoms with Gasteiger partial charge in [-0.1, -0.05) is 85.5 Å². The van der Waals surface area contributed by atoms with Gasteiger partial charge >= 0.3 is 0 Å². The third-order valence-corrected chi connectivity index (χ3v) is 7.77. The highest BCUT2D eigenvalue weighted by Gasteiger charge is 2.31. The quantitative estimate of drug-likeness (QED) is 0.303. The fourth-order valence-corrected chi connectivity index (χ4v) is 5.42. The molecule has 6 heteroatoms.